The van der Waals surface area contributed by atoms with Gasteiger partial charge in [-0.15, -0.1) is 11.3 Å². The molecule has 0 saturated heterocycles. The lowest BCUT2D eigenvalue weighted by Crippen LogP contribution is -2.33. The van der Waals surface area contributed by atoms with Crippen LogP contribution in [0.3, 0.4) is 0 Å². The van der Waals surface area contributed by atoms with Crippen LogP contribution in [-0.4, -0.2) is 11.7 Å². The Morgan fingerprint density at radius 2 is 0.922 bits per heavy atom. The molecule has 1 aromatic heterocycles. The van der Waals surface area contributed by atoms with Gasteiger partial charge in [0.05, 0.1) is 4.88 Å². The van der Waals surface area contributed by atoms with Gasteiger partial charge in [0.15, 0.2) is 12.0 Å². The van der Waals surface area contributed by atoms with Crippen LogP contribution in [0.4, 0.5) is 0 Å². The zero-order valence-electron chi connectivity index (χ0n) is 27.8. The molecule has 9 rings (SSSR count). The van der Waals surface area contributed by atoms with Gasteiger partial charge in [0.25, 0.3) is 0 Å². The van der Waals surface area contributed by atoms with Crippen molar-refractivity contribution in [3.8, 4) is 44.5 Å². The molecule has 1 aliphatic rings. The van der Waals surface area contributed by atoms with Gasteiger partial charge in [-0.05, 0) is 68.1 Å². The normalized spacial score (nSPS) is 14.1. The Morgan fingerprint density at radius 1 is 0.412 bits per heavy atom. The SMILES string of the molecule is c1ccc(-c2ccc(C3=NC(c4ccc(-c5ccc(-c6ccccc6)c(-c6ccccc6)c5)cc4)=NC(c4cc5ccccc5s4)N3)cc2)cc1. The van der Waals surface area contributed by atoms with Crippen molar-refractivity contribution in [2.45, 2.75) is 6.17 Å². The van der Waals surface area contributed by atoms with Crippen LogP contribution in [0.5, 0.6) is 0 Å². The van der Waals surface area contributed by atoms with Crippen LogP contribution < -0.4 is 5.32 Å². The van der Waals surface area contributed by atoms with Gasteiger partial charge in [-0.1, -0.05) is 170 Å². The van der Waals surface area contributed by atoms with Crippen LogP contribution in [0.15, 0.2) is 198 Å². The summed E-state index contributed by atoms with van der Waals surface area (Å²) < 4.78 is 1.25. The summed E-state index contributed by atoms with van der Waals surface area (Å²) in [5.74, 6) is 1.53. The quantitative estimate of drug-likeness (QED) is 0.180. The Kier molecular flexibility index (Phi) is 8.13. The summed E-state index contributed by atoms with van der Waals surface area (Å²) in [7, 11) is 0. The number of hydrogen-bond acceptors (Lipinski definition) is 4. The second-order valence-electron chi connectivity index (χ2n) is 12.7. The van der Waals surface area contributed by atoms with Gasteiger partial charge in [0.1, 0.15) is 5.84 Å². The van der Waals surface area contributed by atoms with E-state index in [4.69, 9.17) is 9.98 Å². The lowest BCUT2D eigenvalue weighted by Gasteiger charge is -2.23. The van der Waals surface area contributed by atoms with E-state index >= 15 is 0 Å². The average Bonchev–Trinajstić information content (AvgIpc) is 3.66. The fraction of sp³-hybridized carbons (Fsp3) is 0.0213. The topological polar surface area (TPSA) is 36.8 Å². The zero-order chi connectivity index (χ0) is 34.0. The molecule has 2 heterocycles. The van der Waals surface area contributed by atoms with Crippen LogP contribution in [0, 0.1) is 0 Å². The Balaban J connectivity index is 1.08. The summed E-state index contributed by atoms with van der Waals surface area (Å²) in [5, 5.41) is 4.88. The molecule has 1 N–H and O–H groups in total. The third-order valence-electron chi connectivity index (χ3n) is 9.39. The average molecular weight is 672 g/mol. The maximum Gasteiger partial charge on any atom is 0.159 e. The fourth-order valence-corrected chi connectivity index (χ4v) is 7.78. The third kappa shape index (κ3) is 6.29. The fourth-order valence-electron chi connectivity index (χ4n) is 6.72. The second kappa shape index (κ2) is 13.5. The molecule has 0 radical (unpaired) electrons. The van der Waals surface area contributed by atoms with Gasteiger partial charge < -0.3 is 5.32 Å². The van der Waals surface area contributed by atoms with E-state index in [9.17, 15) is 0 Å². The molecule has 1 unspecified atom stereocenters. The first-order valence-corrected chi connectivity index (χ1v) is 18.0. The Labute approximate surface area is 302 Å². The molecule has 0 fully saturated rings. The van der Waals surface area contributed by atoms with Gasteiger partial charge in [0, 0.05) is 15.8 Å². The molecule has 51 heavy (non-hydrogen) atoms. The van der Waals surface area contributed by atoms with Crippen molar-refractivity contribution in [1.29, 1.82) is 0 Å². The van der Waals surface area contributed by atoms with Crippen molar-refractivity contribution in [3.63, 3.8) is 0 Å². The molecule has 242 valence electrons. The van der Waals surface area contributed by atoms with Gasteiger partial charge in [-0.3, -0.25) is 0 Å². The highest BCUT2D eigenvalue weighted by Gasteiger charge is 2.23. The minimum absolute atomic E-state index is 0.252. The molecular formula is C47H33N3S. The highest BCUT2D eigenvalue weighted by Crippen LogP contribution is 2.37. The van der Waals surface area contributed by atoms with Crippen LogP contribution in [0.1, 0.15) is 22.2 Å². The molecule has 0 saturated carbocycles. The van der Waals surface area contributed by atoms with Gasteiger partial charge >= 0.3 is 0 Å². The predicted molar refractivity (Wildman–Crippen MR) is 215 cm³/mol. The van der Waals surface area contributed by atoms with Crippen molar-refractivity contribution < 1.29 is 0 Å². The van der Waals surface area contributed by atoms with Crippen LogP contribution in [0.25, 0.3) is 54.6 Å². The molecule has 1 atom stereocenters. The van der Waals surface area contributed by atoms with E-state index in [1.165, 1.54) is 43.5 Å². The number of fused-ring (bicyclic) bond motifs is 1. The maximum atomic E-state index is 5.19. The first-order valence-electron chi connectivity index (χ1n) is 17.2. The highest BCUT2D eigenvalue weighted by molar-refractivity contribution is 7.19. The second-order valence-corrected chi connectivity index (χ2v) is 13.8. The molecule has 7 aromatic carbocycles. The van der Waals surface area contributed by atoms with Crippen LogP contribution in [-0.2, 0) is 0 Å². The largest absolute Gasteiger partial charge is 0.343 e. The van der Waals surface area contributed by atoms with Crippen molar-refractivity contribution >= 4 is 33.1 Å². The Morgan fingerprint density at radius 3 is 1.59 bits per heavy atom. The molecule has 1 aliphatic heterocycles. The van der Waals surface area contributed by atoms with Gasteiger partial charge in [-0.2, -0.15) is 0 Å². The van der Waals surface area contributed by atoms with E-state index < -0.39 is 0 Å². The predicted octanol–water partition coefficient (Wildman–Crippen LogP) is 12.1. The van der Waals surface area contributed by atoms with E-state index in [-0.39, 0.29) is 6.17 Å². The van der Waals surface area contributed by atoms with Crippen molar-refractivity contribution in [1.82, 2.24) is 5.32 Å². The maximum absolute atomic E-state index is 5.19. The molecule has 0 amide bonds. The molecule has 0 aliphatic carbocycles. The van der Waals surface area contributed by atoms with Crippen LogP contribution >= 0.6 is 11.3 Å². The zero-order valence-corrected chi connectivity index (χ0v) is 28.6. The van der Waals surface area contributed by atoms with E-state index in [0.717, 1.165) is 33.0 Å². The number of rotatable bonds is 7. The minimum atomic E-state index is -0.252. The lowest BCUT2D eigenvalue weighted by molar-refractivity contribution is 0.687. The first-order chi connectivity index (χ1) is 25.2. The Bertz CT molecular complexity index is 2480. The van der Waals surface area contributed by atoms with Crippen molar-refractivity contribution in [2.24, 2.45) is 9.98 Å². The van der Waals surface area contributed by atoms with Gasteiger partial charge in [0.2, 0.25) is 0 Å². The van der Waals surface area contributed by atoms with E-state index in [1.807, 2.05) is 6.07 Å². The minimum Gasteiger partial charge on any atom is -0.343 e. The molecule has 0 bridgehead atoms. The molecule has 8 aromatic rings. The van der Waals surface area contributed by atoms with Crippen molar-refractivity contribution in [3.05, 3.63) is 204 Å². The number of nitrogens with zero attached hydrogens (tertiary/aromatic N) is 2. The molecular weight excluding hydrogens is 639 g/mol. The molecule has 4 heteroatoms. The summed E-state index contributed by atoms with van der Waals surface area (Å²) in [5.41, 5.74) is 11.5. The summed E-state index contributed by atoms with van der Waals surface area (Å²) in [6, 6.07) is 66.5. The summed E-state index contributed by atoms with van der Waals surface area (Å²) in [6.07, 6.45) is -0.252. The highest BCUT2D eigenvalue weighted by atomic mass is 32.1. The van der Waals surface area contributed by atoms with E-state index in [2.05, 4.69) is 187 Å². The molecule has 3 nitrogen and oxygen atoms in total. The van der Waals surface area contributed by atoms with Gasteiger partial charge in [-0.25, -0.2) is 9.98 Å². The Hall–Kier alpha value is -6.36. The number of aliphatic imine (C=N–C) groups is 2. The van der Waals surface area contributed by atoms with E-state index in [1.54, 1.807) is 11.3 Å². The van der Waals surface area contributed by atoms with Crippen LogP contribution in [0.2, 0.25) is 0 Å². The molecule has 0 spiro atoms. The lowest BCUT2D eigenvalue weighted by atomic mass is 9.91. The summed E-state index contributed by atoms with van der Waals surface area (Å²) >= 11 is 1.77. The number of hydrogen-bond donors (Lipinski definition) is 1. The van der Waals surface area contributed by atoms with E-state index in [0.29, 0.717) is 5.84 Å². The van der Waals surface area contributed by atoms with Crippen molar-refractivity contribution in [2.75, 3.05) is 0 Å². The standard InChI is InChI=1S/C47H33N3S/c1-4-12-32(13-5-1)33-20-24-37(25-21-33)45-48-46(50-47(49-45)44-31-40-18-10-11-19-43(40)51-44)38-26-22-34(23-27-38)39-28-29-41(35-14-6-2-7-15-35)42(30-39)36-16-8-3-9-17-36/h1-31,47H,(H,48,49,50). The number of nitrogens with one attached hydrogen (secondary N) is 1. The first kappa shape index (κ1) is 30.7. The summed E-state index contributed by atoms with van der Waals surface area (Å²) in [4.78, 5) is 11.5. The number of benzene rings is 7. The number of thiophene rings is 1. The summed E-state index contributed by atoms with van der Waals surface area (Å²) in [6.45, 7) is 0. The number of amidine groups is 2. The smallest absolute Gasteiger partial charge is 0.159 e. The monoisotopic (exact) mass is 671 g/mol. The third-order valence-corrected chi connectivity index (χ3v) is 10.6.